The summed E-state index contributed by atoms with van der Waals surface area (Å²) in [6.45, 7) is 10.8. The molecule has 0 spiro atoms. The van der Waals surface area contributed by atoms with Crippen LogP contribution >= 0.6 is 0 Å². The smallest absolute Gasteiger partial charge is 0.0630 e. The summed E-state index contributed by atoms with van der Waals surface area (Å²) < 4.78 is 10.8. The van der Waals surface area contributed by atoms with Crippen molar-refractivity contribution < 1.29 is 9.47 Å². The SMILES string of the molecule is CCCNCC(COC)N(C)CCOC(C)C. The van der Waals surface area contributed by atoms with Gasteiger partial charge in [0.05, 0.1) is 19.3 Å². The van der Waals surface area contributed by atoms with Crippen molar-refractivity contribution in [1.29, 1.82) is 0 Å². The highest BCUT2D eigenvalue weighted by molar-refractivity contribution is 4.71. The standard InChI is InChI=1S/C13H30N2O2/c1-6-7-14-10-13(11-16-5)15(4)8-9-17-12(2)3/h12-14H,6-11H2,1-5H3. The number of ether oxygens (including phenoxy) is 2. The van der Waals surface area contributed by atoms with Gasteiger partial charge in [0.1, 0.15) is 0 Å². The van der Waals surface area contributed by atoms with Gasteiger partial charge in [-0.1, -0.05) is 6.92 Å². The average molecular weight is 246 g/mol. The van der Waals surface area contributed by atoms with E-state index in [4.69, 9.17) is 9.47 Å². The van der Waals surface area contributed by atoms with Gasteiger partial charge >= 0.3 is 0 Å². The van der Waals surface area contributed by atoms with Gasteiger partial charge in [0.25, 0.3) is 0 Å². The van der Waals surface area contributed by atoms with Crippen LogP contribution < -0.4 is 5.32 Å². The molecule has 1 N–H and O–H groups in total. The van der Waals surface area contributed by atoms with Crippen molar-refractivity contribution in [3.05, 3.63) is 0 Å². The predicted molar refractivity (Wildman–Crippen MR) is 72.5 cm³/mol. The maximum atomic E-state index is 5.56. The Bertz CT molecular complexity index is 165. The molecule has 1 unspecified atom stereocenters. The molecule has 104 valence electrons. The van der Waals surface area contributed by atoms with Crippen LogP contribution in [0.2, 0.25) is 0 Å². The maximum Gasteiger partial charge on any atom is 0.0630 e. The molecule has 0 aliphatic carbocycles. The molecule has 1 atom stereocenters. The molecule has 4 heteroatoms. The lowest BCUT2D eigenvalue weighted by Crippen LogP contribution is -2.44. The molecule has 17 heavy (non-hydrogen) atoms. The van der Waals surface area contributed by atoms with Crippen LogP contribution in [0.1, 0.15) is 27.2 Å². The highest BCUT2D eigenvalue weighted by atomic mass is 16.5. The van der Waals surface area contributed by atoms with E-state index in [0.717, 1.165) is 32.8 Å². The number of nitrogens with one attached hydrogen (secondary N) is 1. The monoisotopic (exact) mass is 246 g/mol. The van der Waals surface area contributed by atoms with Crippen LogP contribution in [0.3, 0.4) is 0 Å². The van der Waals surface area contributed by atoms with Crippen LogP contribution in [0.15, 0.2) is 0 Å². The number of methoxy groups -OCH3 is 1. The first-order valence-corrected chi connectivity index (χ1v) is 6.63. The van der Waals surface area contributed by atoms with Gasteiger partial charge in [-0.2, -0.15) is 0 Å². The van der Waals surface area contributed by atoms with E-state index in [0.29, 0.717) is 12.1 Å². The van der Waals surface area contributed by atoms with Crippen LogP contribution in [0.5, 0.6) is 0 Å². The summed E-state index contributed by atoms with van der Waals surface area (Å²) >= 11 is 0. The lowest BCUT2D eigenvalue weighted by molar-refractivity contribution is 0.0419. The number of likely N-dealkylation sites (N-methyl/N-ethyl adjacent to an activating group) is 1. The fraction of sp³-hybridized carbons (Fsp3) is 1.00. The van der Waals surface area contributed by atoms with Gasteiger partial charge in [-0.25, -0.2) is 0 Å². The number of rotatable bonds is 11. The Labute approximate surface area is 107 Å². The molecule has 0 aliphatic rings. The van der Waals surface area contributed by atoms with Gasteiger partial charge in [-0.05, 0) is 33.9 Å². The van der Waals surface area contributed by atoms with E-state index < -0.39 is 0 Å². The molecule has 0 fully saturated rings. The van der Waals surface area contributed by atoms with Crippen LogP contribution in [0, 0.1) is 0 Å². The second-order valence-corrected chi connectivity index (χ2v) is 4.71. The van der Waals surface area contributed by atoms with Gasteiger partial charge in [0.15, 0.2) is 0 Å². The van der Waals surface area contributed by atoms with E-state index in [1.807, 2.05) is 0 Å². The minimum atomic E-state index is 0.308. The molecule has 0 aromatic rings. The van der Waals surface area contributed by atoms with E-state index in [1.54, 1.807) is 7.11 Å². The molecule has 0 heterocycles. The van der Waals surface area contributed by atoms with Crippen molar-refractivity contribution in [2.45, 2.75) is 39.3 Å². The topological polar surface area (TPSA) is 33.7 Å². The summed E-state index contributed by atoms with van der Waals surface area (Å²) in [4.78, 5) is 2.30. The van der Waals surface area contributed by atoms with E-state index in [-0.39, 0.29) is 0 Å². The van der Waals surface area contributed by atoms with E-state index in [1.165, 1.54) is 6.42 Å². The Morgan fingerprint density at radius 2 is 2.00 bits per heavy atom. The van der Waals surface area contributed by atoms with E-state index in [2.05, 4.69) is 38.0 Å². The van der Waals surface area contributed by atoms with Gasteiger partial charge < -0.3 is 14.8 Å². The first-order valence-electron chi connectivity index (χ1n) is 6.63. The molecule has 0 radical (unpaired) electrons. The summed E-state index contributed by atoms with van der Waals surface area (Å²) in [5, 5.41) is 3.44. The number of hydrogen-bond donors (Lipinski definition) is 1. The fourth-order valence-electron chi connectivity index (χ4n) is 1.59. The Hall–Kier alpha value is -0.160. The van der Waals surface area contributed by atoms with E-state index in [9.17, 15) is 0 Å². The Balaban J connectivity index is 3.83. The minimum Gasteiger partial charge on any atom is -0.383 e. The Morgan fingerprint density at radius 3 is 2.53 bits per heavy atom. The predicted octanol–water partition coefficient (Wildman–Crippen LogP) is 1.36. The molecule has 0 bridgehead atoms. The Kier molecular flexibility index (Phi) is 10.9. The molecule has 0 saturated carbocycles. The van der Waals surface area contributed by atoms with Crippen LogP contribution in [0.25, 0.3) is 0 Å². The van der Waals surface area contributed by atoms with Gasteiger partial charge in [0, 0.05) is 26.2 Å². The third-order valence-electron chi connectivity index (χ3n) is 2.68. The number of hydrogen-bond acceptors (Lipinski definition) is 4. The highest BCUT2D eigenvalue weighted by Crippen LogP contribution is 1.97. The fourth-order valence-corrected chi connectivity index (χ4v) is 1.59. The quantitative estimate of drug-likeness (QED) is 0.558. The van der Waals surface area contributed by atoms with Gasteiger partial charge in [0.2, 0.25) is 0 Å². The molecular weight excluding hydrogens is 216 g/mol. The maximum absolute atomic E-state index is 5.56. The Morgan fingerprint density at radius 1 is 1.29 bits per heavy atom. The number of nitrogens with zero attached hydrogens (tertiary/aromatic N) is 1. The second-order valence-electron chi connectivity index (χ2n) is 4.71. The molecule has 0 saturated heterocycles. The summed E-state index contributed by atoms with van der Waals surface area (Å²) in [6.07, 6.45) is 1.47. The van der Waals surface area contributed by atoms with Crippen molar-refractivity contribution in [1.82, 2.24) is 10.2 Å². The van der Waals surface area contributed by atoms with Crippen LogP contribution in [-0.2, 0) is 9.47 Å². The first kappa shape index (κ1) is 16.8. The molecule has 0 amide bonds. The first-order chi connectivity index (χ1) is 8.11. The molecule has 4 nitrogen and oxygen atoms in total. The van der Waals surface area contributed by atoms with Crippen molar-refractivity contribution >= 4 is 0 Å². The molecule has 0 rings (SSSR count). The summed E-state index contributed by atoms with van der Waals surface area (Å²) in [7, 11) is 3.88. The van der Waals surface area contributed by atoms with E-state index >= 15 is 0 Å². The third-order valence-corrected chi connectivity index (χ3v) is 2.68. The zero-order valence-corrected chi connectivity index (χ0v) is 12.2. The van der Waals surface area contributed by atoms with Gasteiger partial charge in [-0.15, -0.1) is 0 Å². The van der Waals surface area contributed by atoms with Crippen molar-refractivity contribution in [2.24, 2.45) is 0 Å². The highest BCUT2D eigenvalue weighted by Gasteiger charge is 2.13. The molecule has 0 aliphatic heterocycles. The average Bonchev–Trinajstić information content (AvgIpc) is 2.27. The van der Waals surface area contributed by atoms with Crippen molar-refractivity contribution in [3.63, 3.8) is 0 Å². The third kappa shape index (κ3) is 9.53. The lowest BCUT2D eigenvalue weighted by Gasteiger charge is -2.28. The molecular formula is C13H30N2O2. The van der Waals surface area contributed by atoms with Crippen molar-refractivity contribution in [3.8, 4) is 0 Å². The molecule has 0 aromatic heterocycles. The largest absolute Gasteiger partial charge is 0.383 e. The minimum absolute atomic E-state index is 0.308. The normalized spacial score (nSPS) is 13.6. The van der Waals surface area contributed by atoms with Crippen LogP contribution in [-0.4, -0.2) is 64.1 Å². The summed E-state index contributed by atoms with van der Waals surface area (Å²) in [5.41, 5.74) is 0. The summed E-state index contributed by atoms with van der Waals surface area (Å²) in [5.74, 6) is 0. The van der Waals surface area contributed by atoms with Crippen molar-refractivity contribution in [2.75, 3.05) is 47.0 Å². The zero-order valence-electron chi connectivity index (χ0n) is 12.2. The van der Waals surface area contributed by atoms with Crippen LogP contribution in [0.4, 0.5) is 0 Å². The zero-order chi connectivity index (χ0) is 13.1. The van der Waals surface area contributed by atoms with Gasteiger partial charge in [-0.3, -0.25) is 4.90 Å². The lowest BCUT2D eigenvalue weighted by atomic mass is 10.2. The summed E-state index contributed by atoms with van der Waals surface area (Å²) in [6, 6.07) is 0.419. The second kappa shape index (κ2) is 11.0. The molecule has 0 aromatic carbocycles.